The zero-order valence-electron chi connectivity index (χ0n) is 13.8. The summed E-state index contributed by atoms with van der Waals surface area (Å²) in [5.74, 6) is -0.388. The average Bonchev–Trinajstić information content (AvgIpc) is 2.96. The van der Waals surface area contributed by atoms with E-state index in [1.807, 2.05) is 32.0 Å². The first-order chi connectivity index (χ1) is 11.6. The van der Waals surface area contributed by atoms with E-state index in [9.17, 15) is 9.59 Å². The first-order valence-electron chi connectivity index (χ1n) is 8.10. The Morgan fingerprint density at radius 2 is 2.17 bits per heavy atom. The number of ether oxygens (including phenoxy) is 1. The molecule has 2 aromatic rings. The number of nitrogens with zero attached hydrogens (tertiary/aromatic N) is 1. The number of aromatic nitrogens is 1. The Morgan fingerprint density at radius 3 is 2.92 bits per heavy atom. The van der Waals surface area contributed by atoms with Gasteiger partial charge in [-0.3, -0.25) is 14.9 Å². The second kappa shape index (κ2) is 7.13. The monoisotopic (exact) mass is 344 g/mol. The van der Waals surface area contributed by atoms with Gasteiger partial charge in [0.05, 0.1) is 18.2 Å². The van der Waals surface area contributed by atoms with Crippen LogP contribution in [0.5, 0.6) is 0 Å². The average molecular weight is 344 g/mol. The molecule has 0 aliphatic heterocycles. The highest BCUT2D eigenvalue weighted by molar-refractivity contribution is 7.15. The minimum absolute atomic E-state index is 0.0992. The first-order valence-corrected chi connectivity index (χ1v) is 8.92. The second-order valence-electron chi connectivity index (χ2n) is 5.85. The number of rotatable bonds is 4. The van der Waals surface area contributed by atoms with Gasteiger partial charge in [0.25, 0.3) is 5.91 Å². The van der Waals surface area contributed by atoms with Crippen molar-refractivity contribution in [1.29, 1.82) is 0 Å². The van der Waals surface area contributed by atoms with Crippen LogP contribution in [0.4, 0.5) is 5.13 Å². The van der Waals surface area contributed by atoms with Crippen LogP contribution in [0.1, 0.15) is 39.8 Å². The highest BCUT2D eigenvalue weighted by Gasteiger charge is 2.28. The Morgan fingerprint density at radius 1 is 1.38 bits per heavy atom. The predicted molar refractivity (Wildman–Crippen MR) is 93.4 cm³/mol. The molecule has 1 aliphatic carbocycles. The number of esters is 1. The Bertz CT molecular complexity index is 769. The number of fused-ring (bicyclic) bond motifs is 1. The van der Waals surface area contributed by atoms with E-state index in [1.54, 1.807) is 6.07 Å². The summed E-state index contributed by atoms with van der Waals surface area (Å²) in [6.45, 7) is 4.13. The molecule has 1 amide bonds. The second-order valence-corrected chi connectivity index (χ2v) is 6.93. The van der Waals surface area contributed by atoms with Crippen molar-refractivity contribution in [1.82, 2.24) is 4.98 Å². The topological polar surface area (TPSA) is 68.3 Å². The Hall–Kier alpha value is -2.21. The molecule has 1 aliphatic rings. The molecule has 126 valence electrons. The Labute approximate surface area is 145 Å². The third kappa shape index (κ3) is 3.48. The van der Waals surface area contributed by atoms with Crippen molar-refractivity contribution >= 4 is 28.3 Å². The highest BCUT2D eigenvalue weighted by Crippen LogP contribution is 2.33. The van der Waals surface area contributed by atoms with Crippen LogP contribution < -0.4 is 5.32 Å². The molecule has 1 unspecified atom stereocenters. The summed E-state index contributed by atoms with van der Waals surface area (Å²) in [5.41, 5.74) is 2.56. The van der Waals surface area contributed by atoms with Gasteiger partial charge in [-0.15, -0.1) is 11.3 Å². The molecule has 3 rings (SSSR count). The van der Waals surface area contributed by atoms with E-state index in [4.69, 9.17) is 4.74 Å². The number of carbonyl (C=O) groups is 2. The zero-order chi connectivity index (χ0) is 17.1. The molecule has 0 bridgehead atoms. The number of nitrogens with one attached hydrogen (secondary N) is 1. The summed E-state index contributed by atoms with van der Waals surface area (Å²) in [6.07, 6.45) is 2.14. The van der Waals surface area contributed by atoms with Gasteiger partial charge >= 0.3 is 5.97 Å². The van der Waals surface area contributed by atoms with Crippen LogP contribution in [0.25, 0.3) is 0 Å². The first kappa shape index (κ1) is 16.6. The van der Waals surface area contributed by atoms with E-state index in [-0.39, 0.29) is 17.8 Å². The molecule has 24 heavy (non-hydrogen) atoms. The lowest BCUT2D eigenvalue weighted by Gasteiger charge is -2.18. The van der Waals surface area contributed by atoms with Crippen molar-refractivity contribution in [3.8, 4) is 0 Å². The molecule has 0 fully saturated rings. The molecule has 1 N–H and O–H groups in total. The van der Waals surface area contributed by atoms with Gasteiger partial charge in [-0.25, -0.2) is 4.98 Å². The molecule has 1 atom stereocenters. The standard InChI is InChI=1S/C18H20N2O3S/c1-3-23-17(22)12-8-9-14-15(10-12)24-18(19-14)20-16(21)13-7-5-4-6-11(13)2/h4-7,12H,3,8-10H2,1-2H3,(H,19,20,21). The van der Waals surface area contributed by atoms with Gasteiger partial charge in [-0.2, -0.15) is 0 Å². The number of anilines is 1. The van der Waals surface area contributed by atoms with Gasteiger partial charge in [-0.05, 0) is 44.7 Å². The van der Waals surface area contributed by atoms with Gasteiger partial charge in [0.1, 0.15) is 0 Å². The summed E-state index contributed by atoms with van der Waals surface area (Å²) in [7, 11) is 0. The molecule has 6 heteroatoms. The van der Waals surface area contributed by atoms with Crippen LogP contribution in [-0.4, -0.2) is 23.5 Å². The van der Waals surface area contributed by atoms with Gasteiger partial charge in [0.15, 0.2) is 5.13 Å². The molecule has 1 aromatic heterocycles. The third-order valence-electron chi connectivity index (χ3n) is 4.17. The summed E-state index contributed by atoms with van der Waals surface area (Å²) in [4.78, 5) is 29.9. The summed E-state index contributed by atoms with van der Waals surface area (Å²) >= 11 is 1.45. The molecule has 0 spiro atoms. The smallest absolute Gasteiger partial charge is 0.309 e. The summed E-state index contributed by atoms with van der Waals surface area (Å²) in [6, 6.07) is 7.46. The molecule has 1 aromatic carbocycles. The van der Waals surface area contributed by atoms with Crippen LogP contribution in [0.3, 0.4) is 0 Å². The van der Waals surface area contributed by atoms with Crippen molar-refractivity contribution in [2.45, 2.75) is 33.1 Å². The third-order valence-corrected chi connectivity index (χ3v) is 5.21. The van der Waals surface area contributed by atoms with Crippen LogP contribution >= 0.6 is 11.3 Å². The number of carbonyl (C=O) groups excluding carboxylic acids is 2. The summed E-state index contributed by atoms with van der Waals surface area (Å²) in [5, 5.41) is 3.47. The minimum atomic E-state index is -0.152. The van der Waals surface area contributed by atoms with E-state index in [0.29, 0.717) is 23.7 Å². The number of benzene rings is 1. The van der Waals surface area contributed by atoms with Crippen LogP contribution in [0, 0.1) is 12.8 Å². The van der Waals surface area contributed by atoms with Crippen molar-refractivity contribution in [2.75, 3.05) is 11.9 Å². The lowest BCUT2D eigenvalue weighted by atomic mass is 9.91. The van der Waals surface area contributed by atoms with Crippen molar-refractivity contribution in [2.24, 2.45) is 5.92 Å². The zero-order valence-corrected chi connectivity index (χ0v) is 14.6. The maximum absolute atomic E-state index is 12.4. The van der Waals surface area contributed by atoms with E-state index in [0.717, 1.165) is 29.0 Å². The van der Waals surface area contributed by atoms with E-state index < -0.39 is 0 Å². The van der Waals surface area contributed by atoms with Gasteiger partial charge < -0.3 is 4.74 Å². The molecular formula is C18H20N2O3S. The van der Waals surface area contributed by atoms with Crippen molar-refractivity contribution in [3.63, 3.8) is 0 Å². The van der Waals surface area contributed by atoms with Gasteiger partial charge in [-0.1, -0.05) is 18.2 Å². The summed E-state index contributed by atoms with van der Waals surface area (Å²) < 4.78 is 5.11. The fourth-order valence-electron chi connectivity index (χ4n) is 2.88. The maximum Gasteiger partial charge on any atom is 0.309 e. The molecule has 1 heterocycles. The van der Waals surface area contributed by atoms with E-state index in [1.165, 1.54) is 11.3 Å². The van der Waals surface area contributed by atoms with Crippen LogP contribution in [-0.2, 0) is 22.4 Å². The number of hydrogen-bond acceptors (Lipinski definition) is 5. The largest absolute Gasteiger partial charge is 0.466 e. The lowest BCUT2D eigenvalue weighted by molar-refractivity contribution is -0.148. The minimum Gasteiger partial charge on any atom is -0.466 e. The van der Waals surface area contributed by atoms with E-state index in [2.05, 4.69) is 10.3 Å². The number of amides is 1. The Kier molecular flexibility index (Phi) is 4.94. The maximum atomic E-state index is 12.4. The van der Waals surface area contributed by atoms with Crippen molar-refractivity contribution in [3.05, 3.63) is 46.0 Å². The fraction of sp³-hybridized carbons (Fsp3) is 0.389. The quantitative estimate of drug-likeness (QED) is 0.864. The number of hydrogen-bond donors (Lipinski definition) is 1. The fourth-order valence-corrected chi connectivity index (χ4v) is 3.96. The molecule has 0 radical (unpaired) electrons. The Balaban J connectivity index is 1.71. The van der Waals surface area contributed by atoms with Crippen LogP contribution in [0.2, 0.25) is 0 Å². The number of aryl methyl sites for hydroxylation is 2. The lowest BCUT2D eigenvalue weighted by Crippen LogP contribution is -2.24. The number of thiazole rings is 1. The SMILES string of the molecule is CCOC(=O)C1CCc2nc(NC(=O)c3ccccc3C)sc2C1. The van der Waals surface area contributed by atoms with Gasteiger partial charge in [0, 0.05) is 10.4 Å². The normalized spacial score (nSPS) is 16.3. The molecule has 0 saturated heterocycles. The van der Waals surface area contributed by atoms with Crippen molar-refractivity contribution < 1.29 is 14.3 Å². The van der Waals surface area contributed by atoms with Crippen LogP contribution in [0.15, 0.2) is 24.3 Å². The molecular weight excluding hydrogens is 324 g/mol. The van der Waals surface area contributed by atoms with E-state index >= 15 is 0 Å². The molecule has 5 nitrogen and oxygen atoms in total. The predicted octanol–water partition coefficient (Wildman–Crippen LogP) is 3.37. The van der Waals surface area contributed by atoms with Gasteiger partial charge in [0.2, 0.25) is 0 Å². The highest BCUT2D eigenvalue weighted by atomic mass is 32.1. The molecule has 0 saturated carbocycles.